The van der Waals surface area contributed by atoms with E-state index in [-0.39, 0.29) is 5.92 Å². The number of unbranched alkanes of at least 4 members (excludes halogenated alkanes) is 1. The molecule has 1 atom stereocenters. The molecule has 40 valence electrons. The second-order valence-electron chi connectivity index (χ2n) is 1.35. The second-order valence-corrected chi connectivity index (χ2v) is 1.35. The molecule has 0 nitrogen and oxygen atoms in total. The molecule has 0 N–H and O–H groups in total. The highest BCUT2D eigenvalue weighted by atomic mass is 14.0. The molecule has 0 aliphatic heterocycles. The number of hydrogen-bond donors (Lipinski definition) is 0. The van der Waals surface area contributed by atoms with E-state index in [9.17, 15) is 0 Å². The monoisotopic (exact) mass is 104 g/mol. The van der Waals surface area contributed by atoms with E-state index in [0.717, 1.165) is 0 Å². The Morgan fingerprint density at radius 3 is 2.25 bits per heavy atom. The minimum absolute atomic E-state index is 0.185. The summed E-state index contributed by atoms with van der Waals surface area (Å²) in [5, 5.41) is 0. The fourth-order valence-corrected chi connectivity index (χ4v) is 0.257. The molecule has 0 unspecified atom stereocenters. The third-order valence-corrected chi connectivity index (χ3v) is 0.667. The van der Waals surface area contributed by atoms with Crippen molar-refractivity contribution < 1.29 is 0 Å². The van der Waals surface area contributed by atoms with Gasteiger partial charge >= 0.3 is 0 Å². The first kappa shape index (κ1) is 8.00. The first-order chi connectivity index (χ1) is 3.81. The van der Waals surface area contributed by atoms with Gasteiger partial charge in [-0.3, -0.25) is 0 Å². The summed E-state index contributed by atoms with van der Waals surface area (Å²) < 4.78 is 0. The van der Waals surface area contributed by atoms with Gasteiger partial charge in [0.1, 0.15) is 0 Å². The molecule has 0 amide bonds. The molecule has 0 heterocycles. The van der Waals surface area contributed by atoms with E-state index >= 15 is 0 Å². The maximum absolute atomic E-state index is 5.32. The Morgan fingerprint density at radius 2 is 1.88 bits per heavy atom. The van der Waals surface area contributed by atoms with Gasteiger partial charge in [-0.1, -0.05) is 0 Å². The van der Waals surface area contributed by atoms with Crippen LogP contribution >= 0.6 is 0 Å². The maximum Gasteiger partial charge on any atom is -0.0312 e. The van der Waals surface area contributed by atoms with E-state index in [4.69, 9.17) is 20.8 Å². The van der Waals surface area contributed by atoms with Crippen molar-refractivity contribution in [3.8, 4) is 0 Å². The summed E-state index contributed by atoms with van der Waals surface area (Å²) in [4.78, 5) is 0. The van der Waals surface area contributed by atoms with Crippen LogP contribution in [0.15, 0.2) is 0 Å². The van der Waals surface area contributed by atoms with Gasteiger partial charge in [-0.2, -0.15) is 0 Å². The van der Waals surface area contributed by atoms with Gasteiger partial charge in [-0.15, -0.1) is 0 Å². The van der Waals surface area contributed by atoms with Gasteiger partial charge in [0, 0.05) is 0 Å². The fourth-order valence-electron chi connectivity index (χ4n) is 0.257. The minimum atomic E-state index is -0.185. The zero-order valence-corrected chi connectivity index (χ0v) is 4.62. The third-order valence-electron chi connectivity index (χ3n) is 0.667. The lowest BCUT2D eigenvalue weighted by Gasteiger charge is -2.02. The second kappa shape index (κ2) is 5.14. The van der Waals surface area contributed by atoms with E-state index in [1.807, 2.05) is 0 Å². The van der Waals surface area contributed by atoms with Crippen LogP contribution in [0.25, 0.3) is 0 Å². The molecule has 0 heteroatoms. The lowest BCUT2D eigenvalue weighted by molar-refractivity contribution is 0.915. The maximum atomic E-state index is 5.32. The van der Waals surface area contributed by atoms with Crippen molar-refractivity contribution in [1.82, 2.24) is 0 Å². The normalized spacial score (nSPS) is 13.9. The highest BCUT2D eigenvalue weighted by Gasteiger charge is 1.96. The van der Waals surface area contributed by atoms with Gasteiger partial charge in [0.05, 0.1) is 0 Å². The van der Waals surface area contributed by atoms with Crippen molar-refractivity contribution in [1.29, 1.82) is 0 Å². The van der Waals surface area contributed by atoms with Crippen LogP contribution in [0.1, 0.15) is 0 Å². The van der Waals surface area contributed by atoms with Gasteiger partial charge in [-0.05, 0) is 52.4 Å². The Balaban J connectivity index is 2.86. The van der Waals surface area contributed by atoms with Crippen molar-refractivity contribution >= 4 is 0 Å². The van der Waals surface area contributed by atoms with E-state index < -0.39 is 0 Å². The molecular weight excluding hydrogens is 96.1 g/mol. The van der Waals surface area contributed by atoms with Crippen LogP contribution < -0.4 is 0 Å². The lowest BCUT2D eigenvalue weighted by atomic mass is 10.0. The topological polar surface area (TPSA) is 0 Å². The summed E-state index contributed by atoms with van der Waals surface area (Å²) in [6.45, 7) is 15.4. The number of hydrogen-bond acceptors (Lipinski definition) is 0. The van der Waals surface area contributed by atoms with E-state index in [0.29, 0.717) is 0 Å². The quantitative estimate of drug-likeness (QED) is 0.507. The minimum Gasteiger partial charge on any atom is -0.0312 e. The summed E-state index contributed by atoms with van der Waals surface area (Å²) in [6, 6.07) is 0. The van der Waals surface area contributed by atoms with Crippen molar-refractivity contribution in [3.63, 3.8) is 0 Å². The Bertz CT molecular complexity index is 39.3. The first-order valence-corrected chi connectivity index (χ1v) is 2.33. The molecule has 0 aliphatic carbocycles. The average Bonchev–Trinajstić information content (AvgIpc) is 1.83. The molecule has 0 aromatic rings. The molecule has 0 rings (SSSR count). The lowest BCUT2D eigenvalue weighted by Crippen LogP contribution is -1.93. The zero-order valence-electron chi connectivity index (χ0n) is 4.62. The van der Waals surface area contributed by atoms with Crippen LogP contribution in [0.3, 0.4) is 0 Å². The van der Waals surface area contributed by atoms with Crippen LogP contribution in [0.4, 0.5) is 0 Å². The molecule has 0 saturated heterocycles. The van der Waals surface area contributed by atoms with Crippen LogP contribution in [0, 0.1) is 52.4 Å². The van der Waals surface area contributed by atoms with Crippen molar-refractivity contribution in [2.45, 2.75) is 0 Å². The fraction of sp³-hybridized carbons (Fsp3) is 0.125. The molecular formula is C8H8. The molecule has 0 saturated carbocycles. The predicted octanol–water partition coefficient (Wildman–Crippen LogP) is 1.55. The first-order valence-electron chi connectivity index (χ1n) is 2.33. The van der Waals surface area contributed by atoms with E-state index in [1.165, 1.54) is 12.8 Å². The van der Waals surface area contributed by atoms with E-state index in [1.54, 1.807) is 12.8 Å². The molecule has 0 bridgehead atoms. The van der Waals surface area contributed by atoms with Crippen LogP contribution in [-0.4, -0.2) is 0 Å². The molecule has 8 heavy (non-hydrogen) atoms. The summed E-state index contributed by atoms with van der Waals surface area (Å²) >= 11 is 0. The molecule has 0 fully saturated rings. The van der Waals surface area contributed by atoms with Crippen LogP contribution in [0.2, 0.25) is 0 Å². The predicted molar refractivity (Wildman–Crippen MR) is 33.6 cm³/mol. The summed E-state index contributed by atoms with van der Waals surface area (Å²) in [5.74, 6) is -0.185. The Labute approximate surface area is 53.3 Å². The third kappa shape index (κ3) is 4.17. The number of rotatable bonds is 4. The molecule has 0 aliphatic rings. The van der Waals surface area contributed by atoms with Gasteiger partial charge in [0.2, 0.25) is 0 Å². The van der Waals surface area contributed by atoms with Gasteiger partial charge in [-0.25, -0.2) is 0 Å². The average molecular weight is 104 g/mol. The molecule has 10 radical (unpaired) electrons. The van der Waals surface area contributed by atoms with Crippen molar-refractivity contribution in [2.75, 3.05) is 0 Å². The van der Waals surface area contributed by atoms with Crippen molar-refractivity contribution in [3.05, 3.63) is 46.5 Å². The summed E-state index contributed by atoms with van der Waals surface area (Å²) in [6.07, 6.45) is 6.14. The molecule has 0 aromatic carbocycles. The molecule has 0 aromatic heterocycles. The highest BCUT2D eigenvalue weighted by Crippen LogP contribution is 2.05. The van der Waals surface area contributed by atoms with Crippen LogP contribution in [-0.2, 0) is 0 Å². The van der Waals surface area contributed by atoms with Gasteiger partial charge in [0.15, 0.2) is 0 Å². The summed E-state index contributed by atoms with van der Waals surface area (Å²) in [5.41, 5.74) is 0. The van der Waals surface area contributed by atoms with Crippen LogP contribution in [0.5, 0.6) is 0 Å². The van der Waals surface area contributed by atoms with E-state index in [2.05, 4.69) is 0 Å². The largest absolute Gasteiger partial charge is 0.0312 e. The Kier molecular flexibility index (Phi) is 5.14. The summed E-state index contributed by atoms with van der Waals surface area (Å²) in [7, 11) is 0. The Hall–Kier alpha value is 0. The smallest absolute Gasteiger partial charge is 0.0312 e. The standard InChI is InChI=1S/C8H8/c1-4-6-7-8(3)5-2/h1-8H/t8-/m1/s1. The molecule has 0 spiro atoms. The zero-order chi connectivity index (χ0) is 6.41. The van der Waals surface area contributed by atoms with Crippen molar-refractivity contribution in [2.24, 2.45) is 5.92 Å². The Morgan fingerprint density at radius 1 is 1.25 bits per heavy atom. The highest BCUT2D eigenvalue weighted by molar-refractivity contribution is 5.05. The van der Waals surface area contributed by atoms with Gasteiger partial charge in [0.25, 0.3) is 0 Å². The van der Waals surface area contributed by atoms with Gasteiger partial charge < -0.3 is 0 Å². The SMILES string of the molecule is [CH][CH][CH][CH][C@H]([CH])[CH][CH].